The summed E-state index contributed by atoms with van der Waals surface area (Å²) < 4.78 is 1.56. The first-order chi connectivity index (χ1) is 8.21. The molecular weight excluding hydrogens is 234 g/mol. The maximum Gasteiger partial charge on any atom is 0.329 e. The lowest BCUT2D eigenvalue weighted by molar-refractivity contribution is -0.147. The largest absolute Gasteiger partial charge is 0.480 e. The van der Waals surface area contributed by atoms with Crippen molar-refractivity contribution < 1.29 is 14.7 Å². The smallest absolute Gasteiger partial charge is 0.329 e. The number of likely N-dealkylation sites (N-methyl/N-ethyl adjacent to an activating group) is 1. The van der Waals surface area contributed by atoms with E-state index in [9.17, 15) is 9.59 Å². The van der Waals surface area contributed by atoms with Gasteiger partial charge >= 0.3 is 5.97 Å². The first-order valence-electron chi connectivity index (χ1n) is 5.75. The second kappa shape index (κ2) is 4.80. The minimum Gasteiger partial charge on any atom is -0.480 e. The number of aliphatic carboxylic acids is 1. The van der Waals surface area contributed by atoms with Gasteiger partial charge in [0.15, 0.2) is 0 Å². The van der Waals surface area contributed by atoms with Gasteiger partial charge in [0.05, 0.1) is 11.3 Å². The number of aromatic nitrogens is 2. The molecule has 0 unspecified atom stereocenters. The summed E-state index contributed by atoms with van der Waals surface area (Å²) in [6.07, 6.45) is 2.25. The Hall–Kier alpha value is -1.85. The average Bonchev–Trinajstić information content (AvgIpc) is 2.68. The molecule has 1 rings (SSSR count). The molecule has 1 heterocycles. The lowest BCUT2D eigenvalue weighted by atomic mass is 10.0. The van der Waals surface area contributed by atoms with Gasteiger partial charge in [0.2, 0.25) is 0 Å². The summed E-state index contributed by atoms with van der Waals surface area (Å²) in [6, 6.07) is 0. The number of carbonyl (C=O) groups excluding carboxylic acids is 1. The summed E-state index contributed by atoms with van der Waals surface area (Å²) in [5, 5.41) is 13.3. The van der Waals surface area contributed by atoms with Crippen molar-refractivity contribution in [2.45, 2.75) is 32.7 Å². The summed E-state index contributed by atoms with van der Waals surface area (Å²) >= 11 is 0. The number of nitrogens with zero attached hydrogens (tertiary/aromatic N) is 3. The summed E-state index contributed by atoms with van der Waals surface area (Å²) in [4.78, 5) is 24.7. The Morgan fingerprint density at radius 3 is 2.50 bits per heavy atom. The molecule has 6 heteroatoms. The Morgan fingerprint density at radius 1 is 1.50 bits per heavy atom. The summed E-state index contributed by atoms with van der Waals surface area (Å²) in [6.45, 7) is 4.89. The topological polar surface area (TPSA) is 75.4 Å². The van der Waals surface area contributed by atoms with Crippen molar-refractivity contribution in [1.82, 2.24) is 14.7 Å². The van der Waals surface area contributed by atoms with Gasteiger partial charge in [-0.2, -0.15) is 5.10 Å². The third-order valence-electron chi connectivity index (χ3n) is 3.14. The molecule has 1 aromatic rings. The van der Waals surface area contributed by atoms with Crippen molar-refractivity contribution in [1.29, 1.82) is 0 Å². The molecule has 0 radical (unpaired) electrons. The van der Waals surface area contributed by atoms with E-state index < -0.39 is 11.5 Å². The summed E-state index contributed by atoms with van der Waals surface area (Å²) in [5.74, 6) is -1.37. The van der Waals surface area contributed by atoms with Crippen LogP contribution in [0, 0.1) is 0 Å². The van der Waals surface area contributed by atoms with E-state index in [1.807, 2.05) is 6.92 Å². The van der Waals surface area contributed by atoms with Crippen LogP contribution in [-0.4, -0.2) is 44.3 Å². The van der Waals surface area contributed by atoms with Crippen molar-refractivity contribution in [3.63, 3.8) is 0 Å². The van der Waals surface area contributed by atoms with Crippen LogP contribution in [0.15, 0.2) is 6.20 Å². The Kier molecular flexibility index (Phi) is 3.79. The van der Waals surface area contributed by atoms with Crippen LogP contribution in [0.1, 0.15) is 36.8 Å². The van der Waals surface area contributed by atoms with E-state index >= 15 is 0 Å². The lowest BCUT2D eigenvalue weighted by Crippen LogP contribution is -2.50. The van der Waals surface area contributed by atoms with Gasteiger partial charge in [0.25, 0.3) is 5.91 Å². The molecule has 0 spiro atoms. The quantitative estimate of drug-likeness (QED) is 0.865. The van der Waals surface area contributed by atoms with Crippen molar-refractivity contribution in [3.05, 3.63) is 17.5 Å². The Balaban J connectivity index is 3.11. The first kappa shape index (κ1) is 14.2. The highest BCUT2D eigenvalue weighted by Crippen LogP contribution is 2.18. The van der Waals surface area contributed by atoms with Gasteiger partial charge in [0.1, 0.15) is 5.54 Å². The Morgan fingerprint density at radius 2 is 2.06 bits per heavy atom. The maximum absolute atomic E-state index is 12.3. The van der Waals surface area contributed by atoms with Crippen LogP contribution >= 0.6 is 0 Å². The third-order valence-corrected chi connectivity index (χ3v) is 3.14. The van der Waals surface area contributed by atoms with Gasteiger partial charge in [-0.25, -0.2) is 4.79 Å². The van der Waals surface area contributed by atoms with Crippen molar-refractivity contribution in [2.75, 3.05) is 7.05 Å². The Bertz CT molecular complexity index is 477. The predicted octanol–water partition coefficient (Wildman–Crippen LogP) is 0.918. The number of hydrogen-bond acceptors (Lipinski definition) is 3. The SMILES string of the molecule is CCc1nn(C)cc1C(=O)N(C)C(C)(C)C(=O)O. The molecule has 0 aliphatic rings. The molecule has 1 amide bonds. The predicted molar refractivity (Wildman–Crippen MR) is 66.4 cm³/mol. The van der Waals surface area contributed by atoms with Crippen LogP contribution in [0.25, 0.3) is 0 Å². The highest BCUT2D eigenvalue weighted by molar-refractivity contribution is 5.98. The van der Waals surface area contributed by atoms with Crippen molar-refractivity contribution in [2.24, 2.45) is 7.05 Å². The molecule has 18 heavy (non-hydrogen) atoms. The molecule has 1 aromatic heterocycles. The van der Waals surface area contributed by atoms with E-state index in [0.29, 0.717) is 17.7 Å². The molecule has 0 fully saturated rings. The van der Waals surface area contributed by atoms with Gasteiger partial charge in [-0.3, -0.25) is 9.48 Å². The monoisotopic (exact) mass is 253 g/mol. The molecule has 100 valence electrons. The van der Waals surface area contributed by atoms with Crippen molar-refractivity contribution >= 4 is 11.9 Å². The normalized spacial score (nSPS) is 11.4. The maximum atomic E-state index is 12.3. The highest BCUT2D eigenvalue weighted by atomic mass is 16.4. The van der Waals surface area contributed by atoms with E-state index in [0.717, 1.165) is 0 Å². The van der Waals surface area contributed by atoms with E-state index in [-0.39, 0.29) is 5.91 Å². The second-order valence-electron chi connectivity index (χ2n) is 4.75. The number of hydrogen-bond donors (Lipinski definition) is 1. The molecule has 0 saturated carbocycles. The fourth-order valence-electron chi connectivity index (χ4n) is 1.55. The molecule has 0 aliphatic carbocycles. The zero-order valence-corrected chi connectivity index (χ0v) is 11.4. The zero-order chi connectivity index (χ0) is 14.1. The van der Waals surface area contributed by atoms with Crippen molar-refractivity contribution in [3.8, 4) is 0 Å². The third kappa shape index (κ3) is 2.37. The number of rotatable bonds is 4. The van der Waals surface area contributed by atoms with Gasteiger partial charge in [-0.05, 0) is 20.3 Å². The van der Waals surface area contributed by atoms with Gasteiger partial charge < -0.3 is 10.0 Å². The Labute approximate surface area is 106 Å². The highest BCUT2D eigenvalue weighted by Gasteiger charge is 2.36. The average molecular weight is 253 g/mol. The number of amides is 1. The van der Waals surface area contributed by atoms with Gasteiger partial charge in [-0.15, -0.1) is 0 Å². The molecule has 0 aromatic carbocycles. The lowest BCUT2D eigenvalue weighted by Gasteiger charge is -2.31. The molecule has 0 aliphatic heterocycles. The fourth-order valence-corrected chi connectivity index (χ4v) is 1.55. The second-order valence-corrected chi connectivity index (χ2v) is 4.75. The van der Waals surface area contributed by atoms with E-state index in [1.54, 1.807) is 17.9 Å². The van der Waals surface area contributed by atoms with E-state index in [1.165, 1.54) is 25.8 Å². The van der Waals surface area contributed by atoms with E-state index in [2.05, 4.69) is 5.10 Å². The zero-order valence-electron chi connectivity index (χ0n) is 11.4. The van der Waals surface area contributed by atoms with Crippen LogP contribution in [0.5, 0.6) is 0 Å². The minimum absolute atomic E-state index is 0.327. The standard InChI is InChI=1S/C12H19N3O3/c1-6-9-8(7-14(4)13-9)10(16)15(5)12(2,3)11(17)18/h7H,6H2,1-5H3,(H,17,18). The molecular formula is C12H19N3O3. The van der Waals surface area contributed by atoms with E-state index in [4.69, 9.17) is 5.11 Å². The van der Waals surface area contributed by atoms with Crippen LogP contribution in [0.2, 0.25) is 0 Å². The molecule has 0 bridgehead atoms. The fraction of sp³-hybridized carbons (Fsp3) is 0.583. The number of carbonyl (C=O) groups is 2. The van der Waals surface area contributed by atoms with Gasteiger partial charge in [0, 0.05) is 20.3 Å². The number of aryl methyl sites for hydroxylation is 2. The molecule has 6 nitrogen and oxygen atoms in total. The number of carboxylic acids is 1. The molecule has 0 atom stereocenters. The van der Waals surface area contributed by atoms with Crippen LogP contribution < -0.4 is 0 Å². The number of carboxylic acid groups (broad SMARTS) is 1. The summed E-state index contributed by atoms with van der Waals surface area (Å²) in [5.41, 5.74) is -0.120. The summed E-state index contributed by atoms with van der Waals surface area (Å²) in [7, 11) is 3.22. The molecule has 0 saturated heterocycles. The molecule has 1 N–H and O–H groups in total. The van der Waals surface area contributed by atoms with Crippen LogP contribution in [0.3, 0.4) is 0 Å². The minimum atomic E-state index is -1.25. The van der Waals surface area contributed by atoms with Crippen LogP contribution in [-0.2, 0) is 18.3 Å². The van der Waals surface area contributed by atoms with Gasteiger partial charge in [-0.1, -0.05) is 6.92 Å². The first-order valence-corrected chi connectivity index (χ1v) is 5.75. The van der Waals surface area contributed by atoms with Crippen LogP contribution in [0.4, 0.5) is 0 Å².